The number of nitrogens with one attached hydrogen (secondary N) is 2. The van der Waals surface area contributed by atoms with Crippen LogP contribution in [0.2, 0.25) is 0 Å². The Bertz CT molecular complexity index is 1030. The molecule has 204 valence electrons. The van der Waals surface area contributed by atoms with Crippen LogP contribution in [0.3, 0.4) is 0 Å². The smallest absolute Gasteiger partial charge is 0.186 e. The number of unbranched alkanes of at least 4 members (excludes halogenated alkanes) is 5. The van der Waals surface area contributed by atoms with Crippen molar-refractivity contribution in [1.82, 2.24) is 10.3 Å². The molecular formula is C30H45N3O4. The normalized spacial score (nSPS) is 26.4. The van der Waals surface area contributed by atoms with Crippen molar-refractivity contribution < 1.29 is 18.9 Å². The van der Waals surface area contributed by atoms with Gasteiger partial charge in [-0.3, -0.25) is 4.98 Å². The average molecular weight is 512 g/mol. The van der Waals surface area contributed by atoms with Crippen LogP contribution < -0.4 is 10.6 Å². The number of nitrogens with zero attached hydrogens (tertiary/aromatic N) is 1. The molecule has 0 bridgehead atoms. The third kappa shape index (κ3) is 6.45. The fourth-order valence-electron chi connectivity index (χ4n) is 6.11. The number of ether oxygens (including phenoxy) is 4. The van der Waals surface area contributed by atoms with Crippen LogP contribution in [0.1, 0.15) is 76.5 Å². The molecule has 0 saturated carbocycles. The fraction of sp³-hybridized carbons (Fsp3) is 0.700. The van der Waals surface area contributed by atoms with Crippen molar-refractivity contribution >= 4 is 16.6 Å². The minimum atomic E-state index is -0.574. The lowest BCUT2D eigenvalue weighted by Crippen LogP contribution is -2.37. The third-order valence-corrected chi connectivity index (χ3v) is 7.94. The van der Waals surface area contributed by atoms with Crippen LogP contribution in [0.5, 0.6) is 0 Å². The zero-order chi connectivity index (χ0) is 25.7. The molecule has 5 rings (SSSR count). The summed E-state index contributed by atoms with van der Waals surface area (Å²) in [6.45, 7) is 6.70. The molecule has 2 aromatic rings. The molecule has 2 fully saturated rings. The van der Waals surface area contributed by atoms with Crippen LogP contribution in [0, 0.1) is 0 Å². The molecule has 3 aliphatic rings. The molecule has 4 atom stereocenters. The van der Waals surface area contributed by atoms with Gasteiger partial charge in [0.05, 0.1) is 5.52 Å². The minimum absolute atomic E-state index is 0.0349. The van der Waals surface area contributed by atoms with Gasteiger partial charge in [-0.25, -0.2) is 0 Å². The van der Waals surface area contributed by atoms with Gasteiger partial charge in [-0.2, -0.15) is 0 Å². The van der Waals surface area contributed by atoms with Crippen molar-refractivity contribution in [3.63, 3.8) is 0 Å². The molecule has 1 aliphatic carbocycles. The summed E-state index contributed by atoms with van der Waals surface area (Å²) in [5, 5.41) is 8.63. The SMILES string of the molecule is CO[C@@H]1O[C@H](CNCCCCCCCCNc2c3c(nc4ccccc24)CCCC3)[C@H]2OC(C)(C)O[C@@H]12. The molecule has 2 aliphatic heterocycles. The van der Waals surface area contributed by atoms with Crippen molar-refractivity contribution in [2.24, 2.45) is 0 Å². The number of fused-ring (bicyclic) bond motifs is 3. The molecule has 0 unspecified atom stereocenters. The van der Waals surface area contributed by atoms with E-state index in [9.17, 15) is 0 Å². The van der Waals surface area contributed by atoms with Gasteiger partial charge in [0.2, 0.25) is 0 Å². The van der Waals surface area contributed by atoms with Crippen molar-refractivity contribution in [3.05, 3.63) is 35.5 Å². The summed E-state index contributed by atoms with van der Waals surface area (Å²) in [6, 6.07) is 8.59. The number of rotatable bonds is 13. The second kappa shape index (κ2) is 12.4. The molecule has 37 heavy (non-hydrogen) atoms. The van der Waals surface area contributed by atoms with Crippen LogP contribution in [0.15, 0.2) is 24.3 Å². The van der Waals surface area contributed by atoms with Gasteiger partial charge in [-0.05, 0) is 70.5 Å². The highest BCUT2D eigenvalue weighted by Gasteiger charge is 2.55. The van der Waals surface area contributed by atoms with E-state index >= 15 is 0 Å². The third-order valence-electron chi connectivity index (χ3n) is 7.94. The van der Waals surface area contributed by atoms with E-state index in [1.54, 1.807) is 7.11 Å². The highest BCUT2D eigenvalue weighted by molar-refractivity contribution is 5.93. The lowest BCUT2D eigenvalue weighted by Gasteiger charge is -2.23. The first-order valence-corrected chi connectivity index (χ1v) is 14.4. The van der Waals surface area contributed by atoms with E-state index in [1.807, 2.05) is 13.8 Å². The summed E-state index contributed by atoms with van der Waals surface area (Å²) in [4.78, 5) is 4.96. The van der Waals surface area contributed by atoms with Crippen LogP contribution in [-0.4, -0.2) is 62.1 Å². The molecule has 3 heterocycles. The topological polar surface area (TPSA) is 73.9 Å². The highest BCUT2D eigenvalue weighted by Crippen LogP contribution is 2.38. The molecule has 7 nitrogen and oxygen atoms in total. The molecule has 0 spiro atoms. The van der Waals surface area contributed by atoms with Gasteiger partial charge in [0.25, 0.3) is 0 Å². The molecule has 1 aromatic carbocycles. The predicted molar refractivity (Wildman–Crippen MR) is 147 cm³/mol. The number of para-hydroxylation sites is 1. The zero-order valence-corrected chi connectivity index (χ0v) is 22.9. The Morgan fingerprint density at radius 1 is 0.946 bits per heavy atom. The van der Waals surface area contributed by atoms with Crippen molar-refractivity contribution in [3.8, 4) is 0 Å². The van der Waals surface area contributed by atoms with Crippen molar-refractivity contribution in [2.45, 2.75) is 108 Å². The quantitative estimate of drug-likeness (QED) is 0.351. The van der Waals surface area contributed by atoms with E-state index in [4.69, 9.17) is 23.9 Å². The van der Waals surface area contributed by atoms with Crippen molar-refractivity contribution in [2.75, 3.05) is 32.1 Å². The lowest BCUT2D eigenvalue weighted by atomic mass is 9.92. The van der Waals surface area contributed by atoms with Gasteiger partial charge in [-0.1, -0.05) is 43.9 Å². The number of aryl methyl sites for hydroxylation is 1. The number of anilines is 1. The van der Waals surface area contributed by atoms with Gasteiger partial charge >= 0.3 is 0 Å². The predicted octanol–water partition coefficient (Wildman–Crippen LogP) is 5.35. The first kappa shape index (κ1) is 26.8. The van der Waals surface area contributed by atoms with E-state index in [0.29, 0.717) is 0 Å². The first-order chi connectivity index (χ1) is 18.1. The molecule has 2 saturated heterocycles. The molecule has 0 radical (unpaired) electrons. The van der Waals surface area contributed by atoms with Crippen LogP contribution in [0.4, 0.5) is 5.69 Å². The summed E-state index contributed by atoms with van der Waals surface area (Å²) in [6.07, 6.45) is 11.7. The van der Waals surface area contributed by atoms with E-state index < -0.39 is 5.79 Å². The van der Waals surface area contributed by atoms with Gasteiger partial charge in [0.15, 0.2) is 12.1 Å². The van der Waals surface area contributed by atoms with E-state index in [2.05, 4.69) is 34.9 Å². The maximum Gasteiger partial charge on any atom is 0.186 e. The summed E-state index contributed by atoms with van der Waals surface area (Å²) in [5.41, 5.74) is 5.25. The first-order valence-electron chi connectivity index (χ1n) is 14.4. The van der Waals surface area contributed by atoms with Crippen molar-refractivity contribution in [1.29, 1.82) is 0 Å². The number of aromatic nitrogens is 1. The Labute approximate surface area is 222 Å². The molecule has 0 amide bonds. The van der Waals surface area contributed by atoms with Crippen LogP contribution >= 0.6 is 0 Å². The molecule has 1 aromatic heterocycles. The standard InChI is InChI=1S/C30H45N3O4/c1-30(2)36-27-25(35-29(34-3)28(27)37-30)20-31-18-12-6-4-5-7-13-19-32-26-21-14-8-10-16-23(21)33-24-17-11-9-15-22(24)26/h8,10,14,16,25,27-29,31H,4-7,9,11-13,15,17-20H2,1-3H3,(H,32,33)/t25-,27-,28-,29-/m1/s1. The van der Waals surface area contributed by atoms with E-state index in [0.717, 1.165) is 38.0 Å². The van der Waals surface area contributed by atoms with Gasteiger partial charge < -0.3 is 29.6 Å². The van der Waals surface area contributed by atoms with Gasteiger partial charge in [-0.15, -0.1) is 0 Å². The maximum absolute atomic E-state index is 6.06. The molecule has 7 heteroatoms. The summed E-state index contributed by atoms with van der Waals surface area (Å²) < 4.78 is 23.5. The number of hydrogen-bond donors (Lipinski definition) is 2. The molecular weight excluding hydrogens is 466 g/mol. The average Bonchev–Trinajstić information content (AvgIpc) is 3.39. The Kier molecular flexibility index (Phi) is 8.98. The largest absolute Gasteiger partial charge is 0.384 e. The second-order valence-electron chi connectivity index (χ2n) is 11.2. The summed E-state index contributed by atoms with van der Waals surface area (Å²) in [7, 11) is 1.66. The number of pyridine rings is 1. The summed E-state index contributed by atoms with van der Waals surface area (Å²) in [5.74, 6) is -0.574. The maximum atomic E-state index is 6.06. The lowest BCUT2D eigenvalue weighted by molar-refractivity contribution is -0.226. The van der Waals surface area contributed by atoms with Crippen LogP contribution in [0.25, 0.3) is 10.9 Å². The Morgan fingerprint density at radius 2 is 1.68 bits per heavy atom. The number of methoxy groups -OCH3 is 1. The number of hydrogen-bond acceptors (Lipinski definition) is 7. The van der Waals surface area contributed by atoms with E-state index in [-0.39, 0.29) is 24.6 Å². The Hall–Kier alpha value is -1.77. The van der Waals surface area contributed by atoms with Gasteiger partial charge in [0.1, 0.15) is 18.3 Å². The number of benzene rings is 1. The second-order valence-corrected chi connectivity index (χ2v) is 11.2. The summed E-state index contributed by atoms with van der Waals surface area (Å²) >= 11 is 0. The Balaban J connectivity index is 0.950. The monoisotopic (exact) mass is 511 g/mol. The minimum Gasteiger partial charge on any atom is -0.384 e. The highest BCUT2D eigenvalue weighted by atomic mass is 16.8. The Morgan fingerprint density at radius 3 is 2.51 bits per heavy atom. The van der Waals surface area contributed by atoms with Gasteiger partial charge in [0, 0.05) is 37.0 Å². The zero-order valence-electron chi connectivity index (χ0n) is 22.9. The fourth-order valence-corrected chi connectivity index (χ4v) is 6.11. The van der Waals surface area contributed by atoms with E-state index in [1.165, 1.54) is 73.7 Å². The molecule has 2 N–H and O–H groups in total. The van der Waals surface area contributed by atoms with Crippen LogP contribution in [-0.2, 0) is 31.8 Å².